The Morgan fingerprint density at radius 1 is 1.17 bits per heavy atom. The van der Waals surface area contributed by atoms with Crippen LogP contribution in [0.3, 0.4) is 0 Å². The van der Waals surface area contributed by atoms with Crippen LogP contribution in [0.15, 0.2) is 30.3 Å². The van der Waals surface area contributed by atoms with Gasteiger partial charge in [-0.3, -0.25) is 0 Å². The molecule has 1 aromatic carbocycles. The van der Waals surface area contributed by atoms with Gasteiger partial charge >= 0.3 is 12.1 Å². The highest BCUT2D eigenvalue weighted by atomic mass is 16.7. The maximum atomic E-state index is 12.8. The summed E-state index contributed by atoms with van der Waals surface area (Å²) >= 11 is 0. The topological polar surface area (TPSA) is 133 Å². The monoisotopic (exact) mass is 509 g/mol. The van der Waals surface area contributed by atoms with Crippen molar-refractivity contribution in [3.8, 4) is 0 Å². The Balaban J connectivity index is 1.65. The number of fused-ring (bicyclic) bond motifs is 1. The molecule has 0 spiro atoms. The third-order valence-electron chi connectivity index (χ3n) is 6.55. The fourth-order valence-corrected chi connectivity index (χ4v) is 4.57. The molecule has 0 radical (unpaired) electrons. The molecule has 0 bridgehead atoms. The lowest BCUT2D eigenvalue weighted by Gasteiger charge is -2.44. The fourth-order valence-electron chi connectivity index (χ4n) is 4.57. The molecule has 2 saturated heterocycles. The number of aliphatic hydroxyl groups is 2. The van der Waals surface area contributed by atoms with E-state index in [2.05, 4.69) is 12.2 Å². The first-order valence-electron chi connectivity index (χ1n) is 12.8. The van der Waals surface area contributed by atoms with Crippen LogP contribution >= 0.6 is 0 Å². The number of benzene rings is 1. The van der Waals surface area contributed by atoms with Gasteiger partial charge in [-0.2, -0.15) is 0 Å². The fraction of sp³-hybridized carbons (Fsp3) is 0.692. The molecule has 1 aromatic rings. The van der Waals surface area contributed by atoms with Crippen LogP contribution in [0, 0.1) is 0 Å². The van der Waals surface area contributed by atoms with E-state index >= 15 is 0 Å². The number of methoxy groups -OCH3 is 1. The van der Waals surface area contributed by atoms with Gasteiger partial charge in [0.2, 0.25) is 0 Å². The molecule has 0 unspecified atom stereocenters. The van der Waals surface area contributed by atoms with Gasteiger partial charge < -0.3 is 39.2 Å². The van der Waals surface area contributed by atoms with Crippen LogP contribution < -0.4 is 5.32 Å². The normalized spacial score (nSPS) is 27.0. The summed E-state index contributed by atoms with van der Waals surface area (Å²) in [5.41, 5.74) is 0.914. The van der Waals surface area contributed by atoms with Crippen LogP contribution in [0.5, 0.6) is 0 Å². The second-order valence-corrected chi connectivity index (χ2v) is 9.32. The Kier molecular flexibility index (Phi) is 10.9. The van der Waals surface area contributed by atoms with Gasteiger partial charge in [-0.15, -0.1) is 0 Å². The lowest BCUT2D eigenvalue weighted by molar-refractivity contribution is -0.307. The van der Waals surface area contributed by atoms with Gasteiger partial charge in [-0.05, 0) is 12.0 Å². The van der Waals surface area contributed by atoms with E-state index in [1.165, 1.54) is 13.5 Å². The molecular weight excluding hydrogens is 470 g/mol. The van der Waals surface area contributed by atoms with Crippen molar-refractivity contribution in [1.29, 1.82) is 0 Å². The molecule has 6 atom stereocenters. The van der Waals surface area contributed by atoms with E-state index in [4.69, 9.17) is 23.7 Å². The molecule has 2 fully saturated rings. The van der Waals surface area contributed by atoms with Crippen molar-refractivity contribution in [3.05, 3.63) is 35.9 Å². The Hall–Kier alpha value is -2.24. The van der Waals surface area contributed by atoms with Crippen molar-refractivity contribution in [1.82, 2.24) is 5.32 Å². The molecule has 0 aromatic heterocycles. The summed E-state index contributed by atoms with van der Waals surface area (Å²) in [6.07, 6.45) is 0.504. The van der Waals surface area contributed by atoms with Crippen molar-refractivity contribution < 1.29 is 43.5 Å². The number of esters is 1. The van der Waals surface area contributed by atoms with Crippen LogP contribution in [0.1, 0.15) is 57.4 Å². The Labute approximate surface area is 212 Å². The number of carbonyl (C=O) groups is 2. The summed E-state index contributed by atoms with van der Waals surface area (Å²) in [4.78, 5) is 24.8. The van der Waals surface area contributed by atoms with Gasteiger partial charge in [0, 0.05) is 0 Å². The van der Waals surface area contributed by atoms with Crippen molar-refractivity contribution in [2.24, 2.45) is 0 Å². The van der Waals surface area contributed by atoms with Crippen LogP contribution in [0.2, 0.25) is 0 Å². The van der Waals surface area contributed by atoms with E-state index in [-0.39, 0.29) is 26.2 Å². The highest BCUT2D eigenvalue weighted by Crippen LogP contribution is 2.37. The number of nitrogens with one attached hydrogen (secondary N) is 1. The molecule has 3 N–H and O–H groups in total. The predicted molar refractivity (Wildman–Crippen MR) is 129 cm³/mol. The van der Waals surface area contributed by atoms with Gasteiger partial charge in [-0.1, -0.05) is 69.4 Å². The maximum Gasteiger partial charge on any atom is 0.407 e. The number of hydrogen-bond acceptors (Lipinski definition) is 9. The highest BCUT2D eigenvalue weighted by molar-refractivity contribution is 5.79. The highest BCUT2D eigenvalue weighted by Gasteiger charge is 2.59. The molecular formula is C26H39NO9. The minimum Gasteiger partial charge on any atom is -0.465 e. The maximum absolute atomic E-state index is 12.8. The quantitative estimate of drug-likeness (QED) is 0.241. The van der Waals surface area contributed by atoms with Gasteiger partial charge in [0.15, 0.2) is 0 Å². The van der Waals surface area contributed by atoms with Crippen LogP contribution in [-0.4, -0.2) is 78.8 Å². The van der Waals surface area contributed by atoms with Crippen LogP contribution in [-0.2, 0) is 35.1 Å². The number of alkyl carbamates (subject to hydrolysis) is 1. The minimum atomic E-state index is -1.87. The van der Waals surface area contributed by atoms with E-state index < -0.39 is 48.3 Å². The van der Waals surface area contributed by atoms with E-state index in [1.54, 1.807) is 0 Å². The molecule has 2 heterocycles. The van der Waals surface area contributed by atoms with Gasteiger partial charge in [0.1, 0.15) is 24.4 Å². The standard InChI is InChI=1S/C26H39NO9/c1-3-4-5-6-7-11-14-34-26(24(30)32-2)15-20-21(27-25(31)35-20)23(36-26)22(29)19(28)17-33-16-18-12-9-8-10-13-18/h8-10,12-13,19-23,28-29H,3-7,11,14-17H2,1-2H3,(H,27,31)/t19-,20+,21-,22-,23-,26-/m1/s1. The van der Waals surface area contributed by atoms with Gasteiger partial charge in [0.05, 0.1) is 39.4 Å². The number of ether oxygens (including phenoxy) is 5. The molecule has 202 valence electrons. The summed E-state index contributed by atoms with van der Waals surface area (Å²) in [5.74, 6) is -2.66. The summed E-state index contributed by atoms with van der Waals surface area (Å²) in [6.45, 7) is 2.44. The number of hydrogen-bond donors (Lipinski definition) is 3. The zero-order chi connectivity index (χ0) is 26.0. The molecule has 2 aliphatic rings. The van der Waals surface area contributed by atoms with Crippen LogP contribution in [0.25, 0.3) is 0 Å². The molecule has 36 heavy (non-hydrogen) atoms. The number of rotatable bonds is 15. The molecule has 3 rings (SSSR count). The lowest BCUT2D eigenvalue weighted by Crippen LogP contribution is -2.65. The average molecular weight is 510 g/mol. The lowest BCUT2D eigenvalue weighted by atomic mass is 9.89. The molecule has 10 nitrogen and oxygen atoms in total. The molecule has 0 saturated carbocycles. The van der Waals surface area contributed by atoms with E-state index in [0.29, 0.717) is 6.42 Å². The summed E-state index contributed by atoms with van der Waals surface area (Å²) in [6, 6.07) is 8.62. The summed E-state index contributed by atoms with van der Waals surface area (Å²) in [7, 11) is 1.21. The van der Waals surface area contributed by atoms with Gasteiger partial charge in [-0.25, -0.2) is 9.59 Å². The molecule has 0 aliphatic carbocycles. The van der Waals surface area contributed by atoms with Crippen molar-refractivity contribution in [3.63, 3.8) is 0 Å². The van der Waals surface area contributed by atoms with Crippen molar-refractivity contribution in [2.75, 3.05) is 20.3 Å². The van der Waals surface area contributed by atoms with Crippen LogP contribution in [0.4, 0.5) is 4.79 Å². The molecule has 2 aliphatic heterocycles. The second-order valence-electron chi connectivity index (χ2n) is 9.32. The van der Waals surface area contributed by atoms with Crippen molar-refractivity contribution >= 4 is 12.1 Å². The first-order chi connectivity index (χ1) is 17.4. The average Bonchev–Trinajstić information content (AvgIpc) is 3.27. The number of amides is 1. The third kappa shape index (κ3) is 7.39. The van der Waals surface area contributed by atoms with E-state index in [0.717, 1.165) is 31.2 Å². The van der Waals surface area contributed by atoms with E-state index in [9.17, 15) is 19.8 Å². The molecule has 1 amide bonds. The van der Waals surface area contributed by atoms with Crippen molar-refractivity contribution in [2.45, 2.75) is 94.7 Å². The first-order valence-corrected chi connectivity index (χ1v) is 12.8. The minimum absolute atomic E-state index is 0.0945. The second kappa shape index (κ2) is 13.9. The Morgan fingerprint density at radius 3 is 2.61 bits per heavy atom. The predicted octanol–water partition coefficient (Wildman–Crippen LogP) is 2.44. The number of aliphatic hydroxyl groups excluding tert-OH is 2. The smallest absolute Gasteiger partial charge is 0.407 e. The zero-order valence-electron chi connectivity index (χ0n) is 21.1. The Morgan fingerprint density at radius 2 is 1.89 bits per heavy atom. The third-order valence-corrected chi connectivity index (χ3v) is 6.55. The Bertz CT molecular complexity index is 823. The summed E-state index contributed by atoms with van der Waals surface area (Å²) < 4.78 is 27.8. The van der Waals surface area contributed by atoms with Gasteiger partial charge in [0.25, 0.3) is 5.79 Å². The largest absolute Gasteiger partial charge is 0.465 e. The summed E-state index contributed by atoms with van der Waals surface area (Å²) in [5, 5.41) is 24.2. The molecule has 10 heteroatoms. The zero-order valence-corrected chi connectivity index (χ0v) is 21.1. The first kappa shape index (κ1) is 28.3. The number of unbranched alkanes of at least 4 members (excludes halogenated alkanes) is 5. The SMILES string of the molecule is CCCCCCCCO[C@]1(C(=O)OC)C[C@@H]2OC(=O)N[C@H]2[C@H]([C@H](O)[C@H](O)COCc2ccccc2)O1. The number of carbonyl (C=O) groups excluding carboxylic acids is 2. The van der Waals surface area contributed by atoms with E-state index in [1.807, 2.05) is 30.3 Å².